The van der Waals surface area contributed by atoms with Crippen LogP contribution in [0.25, 0.3) is 6.08 Å². The summed E-state index contributed by atoms with van der Waals surface area (Å²) in [4.78, 5) is 34.2. The number of rotatable bonds is 8. The molecule has 0 aliphatic rings. The molecule has 3 N–H and O–H groups in total. The van der Waals surface area contributed by atoms with E-state index in [2.05, 4.69) is 10.6 Å². The van der Waals surface area contributed by atoms with Crippen molar-refractivity contribution in [2.75, 3.05) is 13.1 Å². The van der Waals surface area contributed by atoms with Crippen molar-refractivity contribution in [2.45, 2.75) is 19.8 Å². The lowest BCUT2D eigenvalue weighted by atomic mass is 10.2. The van der Waals surface area contributed by atoms with Crippen molar-refractivity contribution >= 4 is 35.2 Å². The predicted octanol–water partition coefficient (Wildman–Crippen LogP) is 1.49. The van der Waals surface area contributed by atoms with E-state index >= 15 is 0 Å². The number of thiophene rings is 1. The van der Waals surface area contributed by atoms with E-state index in [9.17, 15) is 14.4 Å². The van der Waals surface area contributed by atoms with Gasteiger partial charge in [-0.25, -0.2) is 4.79 Å². The number of amides is 2. The average Bonchev–Trinajstić information content (AvgIpc) is 2.91. The second-order valence-electron chi connectivity index (χ2n) is 4.23. The van der Waals surface area contributed by atoms with Gasteiger partial charge in [-0.15, -0.1) is 11.3 Å². The van der Waals surface area contributed by atoms with E-state index in [0.29, 0.717) is 17.0 Å². The minimum atomic E-state index is -1.07. The fourth-order valence-electron chi connectivity index (χ4n) is 1.52. The van der Waals surface area contributed by atoms with Crippen LogP contribution in [0.5, 0.6) is 0 Å². The van der Waals surface area contributed by atoms with Gasteiger partial charge in [-0.05, 0) is 29.5 Å². The Labute approximate surface area is 126 Å². The number of hydrogen-bond acceptors (Lipinski definition) is 4. The van der Waals surface area contributed by atoms with Gasteiger partial charge in [0.1, 0.15) is 0 Å². The molecule has 1 rings (SSSR count). The fraction of sp³-hybridized carbons (Fsp3) is 0.357. The van der Waals surface area contributed by atoms with Crippen molar-refractivity contribution in [3.63, 3.8) is 0 Å². The van der Waals surface area contributed by atoms with Crippen LogP contribution in [0.3, 0.4) is 0 Å². The van der Waals surface area contributed by atoms with Crippen molar-refractivity contribution in [3.8, 4) is 0 Å². The number of carboxylic acid groups (broad SMARTS) is 1. The monoisotopic (exact) mass is 310 g/mol. The molecule has 0 aliphatic heterocycles. The summed E-state index contributed by atoms with van der Waals surface area (Å²) in [6, 6.07) is 1.67. The SMILES string of the molecule is CCCNC(=O)CCNC(=O)c1sccc1C=CC(=O)O. The van der Waals surface area contributed by atoms with Crippen LogP contribution in [-0.2, 0) is 9.59 Å². The summed E-state index contributed by atoms with van der Waals surface area (Å²) in [5.74, 6) is -1.48. The molecule has 0 unspecified atom stereocenters. The van der Waals surface area contributed by atoms with Gasteiger partial charge in [0.05, 0.1) is 4.88 Å². The predicted molar refractivity (Wildman–Crippen MR) is 81.2 cm³/mol. The molecule has 0 aliphatic carbocycles. The molecule has 114 valence electrons. The highest BCUT2D eigenvalue weighted by Crippen LogP contribution is 2.18. The molecule has 0 bridgehead atoms. The highest BCUT2D eigenvalue weighted by Gasteiger charge is 2.11. The van der Waals surface area contributed by atoms with Crippen molar-refractivity contribution in [1.82, 2.24) is 10.6 Å². The third-order valence-corrected chi connectivity index (χ3v) is 3.45. The van der Waals surface area contributed by atoms with E-state index in [1.54, 1.807) is 11.4 Å². The number of carbonyl (C=O) groups excluding carboxylic acids is 2. The molecule has 0 spiro atoms. The lowest BCUT2D eigenvalue weighted by Gasteiger charge is -2.05. The van der Waals surface area contributed by atoms with Gasteiger partial charge in [-0.1, -0.05) is 6.92 Å². The lowest BCUT2D eigenvalue weighted by molar-refractivity contribution is -0.131. The van der Waals surface area contributed by atoms with E-state index in [0.717, 1.165) is 12.5 Å². The maximum absolute atomic E-state index is 12.0. The zero-order chi connectivity index (χ0) is 15.7. The van der Waals surface area contributed by atoms with Crippen LogP contribution in [0.1, 0.15) is 35.0 Å². The fourth-order valence-corrected chi connectivity index (χ4v) is 2.32. The molecule has 1 heterocycles. The Morgan fingerprint density at radius 3 is 2.71 bits per heavy atom. The van der Waals surface area contributed by atoms with Crippen molar-refractivity contribution in [2.24, 2.45) is 0 Å². The molecule has 6 nitrogen and oxygen atoms in total. The second-order valence-corrected chi connectivity index (χ2v) is 5.15. The lowest BCUT2D eigenvalue weighted by Crippen LogP contribution is -2.30. The van der Waals surface area contributed by atoms with E-state index < -0.39 is 5.97 Å². The van der Waals surface area contributed by atoms with Crippen LogP contribution < -0.4 is 10.6 Å². The second kappa shape index (κ2) is 8.91. The highest BCUT2D eigenvalue weighted by atomic mass is 32.1. The van der Waals surface area contributed by atoms with Crippen LogP contribution in [0, 0.1) is 0 Å². The highest BCUT2D eigenvalue weighted by molar-refractivity contribution is 7.12. The molecule has 0 aromatic carbocycles. The maximum atomic E-state index is 12.0. The summed E-state index contributed by atoms with van der Waals surface area (Å²) in [6.07, 6.45) is 3.45. The summed E-state index contributed by atoms with van der Waals surface area (Å²) in [6.45, 7) is 2.83. The van der Waals surface area contributed by atoms with Crippen molar-refractivity contribution in [1.29, 1.82) is 0 Å². The Morgan fingerprint density at radius 2 is 2.05 bits per heavy atom. The van der Waals surface area contributed by atoms with Crippen LogP contribution in [0.4, 0.5) is 0 Å². The van der Waals surface area contributed by atoms with E-state index in [4.69, 9.17) is 5.11 Å². The van der Waals surface area contributed by atoms with Gasteiger partial charge in [0.25, 0.3) is 5.91 Å². The molecule has 0 fully saturated rings. The topological polar surface area (TPSA) is 95.5 Å². The van der Waals surface area contributed by atoms with Crippen LogP contribution in [0.15, 0.2) is 17.5 Å². The first-order valence-corrected chi connectivity index (χ1v) is 7.46. The minimum absolute atomic E-state index is 0.102. The van der Waals surface area contributed by atoms with Crippen molar-refractivity contribution < 1.29 is 19.5 Å². The zero-order valence-corrected chi connectivity index (χ0v) is 12.5. The van der Waals surface area contributed by atoms with Gasteiger partial charge < -0.3 is 15.7 Å². The molecule has 7 heteroatoms. The molecule has 1 aromatic rings. The molecule has 0 saturated heterocycles. The van der Waals surface area contributed by atoms with Gasteiger partial charge in [0.2, 0.25) is 5.91 Å². The minimum Gasteiger partial charge on any atom is -0.478 e. The smallest absolute Gasteiger partial charge is 0.328 e. The number of carboxylic acids is 1. The summed E-state index contributed by atoms with van der Waals surface area (Å²) in [5, 5.41) is 15.7. The molecule has 0 atom stereocenters. The Hall–Kier alpha value is -2.15. The number of hydrogen-bond donors (Lipinski definition) is 3. The van der Waals surface area contributed by atoms with E-state index in [1.807, 2.05) is 6.92 Å². The maximum Gasteiger partial charge on any atom is 0.328 e. The van der Waals surface area contributed by atoms with Gasteiger partial charge in [0.15, 0.2) is 0 Å². The standard InChI is InChI=1S/C14H18N2O4S/c1-2-7-15-11(17)5-8-16-14(20)13-10(6-9-21-13)3-4-12(18)19/h3-4,6,9H,2,5,7-8H2,1H3,(H,15,17)(H,16,20)(H,18,19). The molecular weight excluding hydrogens is 292 g/mol. The summed E-state index contributed by atoms with van der Waals surface area (Å²) < 4.78 is 0. The summed E-state index contributed by atoms with van der Waals surface area (Å²) >= 11 is 1.23. The number of carbonyl (C=O) groups is 3. The Balaban J connectivity index is 2.48. The first-order chi connectivity index (χ1) is 10.0. The van der Waals surface area contributed by atoms with Gasteiger partial charge in [0, 0.05) is 25.6 Å². The largest absolute Gasteiger partial charge is 0.478 e. The Morgan fingerprint density at radius 1 is 1.29 bits per heavy atom. The molecule has 0 radical (unpaired) electrons. The van der Waals surface area contributed by atoms with Gasteiger partial charge in [-0.3, -0.25) is 9.59 Å². The average molecular weight is 310 g/mol. The zero-order valence-electron chi connectivity index (χ0n) is 11.7. The Kier molecular flexibility index (Phi) is 7.17. The first kappa shape index (κ1) is 16.9. The summed E-state index contributed by atoms with van der Waals surface area (Å²) in [5.41, 5.74) is 0.551. The summed E-state index contributed by atoms with van der Waals surface area (Å²) in [7, 11) is 0. The molecular formula is C14H18N2O4S. The van der Waals surface area contributed by atoms with Crippen LogP contribution >= 0.6 is 11.3 Å². The third-order valence-electron chi connectivity index (χ3n) is 2.52. The molecule has 0 saturated carbocycles. The number of nitrogens with one attached hydrogen (secondary N) is 2. The first-order valence-electron chi connectivity index (χ1n) is 6.58. The quantitative estimate of drug-likeness (QED) is 0.634. The van der Waals surface area contributed by atoms with Crippen LogP contribution in [-0.4, -0.2) is 36.0 Å². The Bertz CT molecular complexity index is 537. The molecule has 1 aromatic heterocycles. The van der Waals surface area contributed by atoms with E-state index in [-0.39, 0.29) is 24.8 Å². The van der Waals surface area contributed by atoms with E-state index in [1.165, 1.54) is 17.4 Å². The molecule has 2 amide bonds. The number of aliphatic carboxylic acids is 1. The normalized spacial score (nSPS) is 10.5. The van der Waals surface area contributed by atoms with Gasteiger partial charge in [-0.2, -0.15) is 0 Å². The molecule has 21 heavy (non-hydrogen) atoms. The van der Waals surface area contributed by atoms with Crippen LogP contribution in [0.2, 0.25) is 0 Å². The third kappa shape index (κ3) is 6.22. The van der Waals surface area contributed by atoms with Gasteiger partial charge >= 0.3 is 5.97 Å². The van der Waals surface area contributed by atoms with Crippen molar-refractivity contribution in [3.05, 3.63) is 28.0 Å².